The number of amides is 1. The molecule has 1 aromatic carbocycles. The minimum atomic E-state index is -0.926. The fourth-order valence-electron chi connectivity index (χ4n) is 1.88. The van der Waals surface area contributed by atoms with Crippen LogP contribution in [0.3, 0.4) is 0 Å². The lowest BCUT2D eigenvalue weighted by atomic mass is 10.2. The van der Waals surface area contributed by atoms with Crippen LogP contribution in [0.2, 0.25) is 5.02 Å². The molecule has 2 aromatic rings. The number of nitro groups is 1. The van der Waals surface area contributed by atoms with Crippen molar-refractivity contribution in [1.82, 2.24) is 5.32 Å². The maximum absolute atomic E-state index is 11.9. The lowest BCUT2D eigenvalue weighted by molar-refractivity contribution is -0.384. The lowest BCUT2D eigenvalue weighted by Gasteiger charge is -2.11. The van der Waals surface area contributed by atoms with Gasteiger partial charge in [0, 0.05) is 12.1 Å². The average Bonchev–Trinajstić information content (AvgIpc) is 3.07. The summed E-state index contributed by atoms with van der Waals surface area (Å²) in [6.45, 7) is 1.15. The van der Waals surface area contributed by atoms with E-state index >= 15 is 0 Å². The fourth-order valence-corrected chi connectivity index (χ4v) is 2.08. The molecule has 1 atom stereocenters. The number of ether oxygens (including phenoxy) is 1. The van der Waals surface area contributed by atoms with E-state index in [1.54, 1.807) is 19.1 Å². The summed E-state index contributed by atoms with van der Waals surface area (Å²) in [6, 6.07) is 6.36. The van der Waals surface area contributed by atoms with E-state index in [9.17, 15) is 19.7 Å². The van der Waals surface area contributed by atoms with Crippen molar-refractivity contribution < 1.29 is 23.7 Å². The molecule has 0 saturated carbocycles. The molecule has 8 nitrogen and oxygen atoms in total. The largest absolute Gasteiger partial charge is 0.467 e. The molecule has 1 amide bonds. The van der Waals surface area contributed by atoms with E-state index in [0.29, 0.717) is 5.76 Å². The molecule has 0 radical (unpaired) electrons. The van der Waals surface area contributed by atoms with E-state index in [1.165, 1.54) is 12.3 Å². The highest BCUT2D eigenvalue weighted by Gasteiger charge is 2.19. The molecule has 0 aliphatic rings. The Morgan fingerprint density at radius 3 is 2.79 bits per heavy atom. The number of nitrogens with one attached hydrogen (secondary N) is 1. The summed E-state index contributed by atoms with van der Waals surface area (Å²) < 4.78 is 9.97. The summed E-state index contributed by atoms with van der Waals surface area (Å²) >= 11 is 5.83. The van der Waals surface area contributed by atoms with Crippen molar-refractivity contribution in [3.8, 4) is 0 Å². The summed E-state index contributed by atoms with van der Waals surface area (Å²) in [5.41, 5.74) is -0.486. The smallest absolute Gasteiger partial charge is 0.340 e. The number of nitro benzene ring substituents is 1. The van der Waals surface area contributed by atoms with Gasteiger partial charge in [-0.15, -0.1) is 0 Å². The second-order valence-corrected chi connectivity index (χ2v) is 5.21. The van der Waals surface area contributed by atoms with E-state index < -0.39 is 29.4 Å². The summed E-state index contributed by atoms with van der Waals surface area (Å²) in [5.74, 6) is -0.922. The monoisotopic (exact) mass is 352 g/mol. The van der Waals surface area contributed by atoms with Gasteiger partial charge in [-0.1, -0.05) is 11.6 Å². The van der Waals surface area contributed by atoms with Crippen LogP contribution in [-0.4, -0.2) is 23.4 Å². The van der Waals surface area contributed by atoms with E-state index in [-0.39, 0.29) is 16.3 Å². The third-order valence-corrected chi connectivity index (χ3v) is 3.39. The average molecular weight is 353 g/mol. The topological polar surface area (TPSA) is 112 Å². The van der Waals surface area contributed by atoms with Gasteiger partial charge < -0.3 is 14.5 Å². The number of furan rings is 1. The summed E-state index contributed by atoms with van der Waals surface area (Å²) in [4.78, 5) is 33.8. The van der Waals surface area contributed by atoms with Gasteiger partial charge in [-0.2, -0.15) is 0 Å². The molecule has 0 spiro atoms. The Balaban J connectivity index is 1.94. The van der Waals surface area contributed by atoms with Crippen molar-refractivity contribution in [3.05, 3.63) is 63.1 Å². The van der Waals surface area contributed by atoms with Gasteiger partial charge in [0.25, 0.3) is 11.6 Å². The Bertz CT molecular complexity index is 759. The minimum Gasteiger partial charge on any atom is -0.467 e. The Morgan fingerprint density at radius 2 is 2.17 bits per heavy atom. The second kappa shape index (κ2) is 7.60. The first-order valence-corrected chi connectivity index (χ1v) is 7.20. The van der Waals surface area contributed by atoms with Crippen LogP contribution in [0.1, 0.15) is 29.1 Å². The zero-order valence-corrected chi connectivity index (χ0v) is 13.3. The van der Waals surface area contributed by atoms with Crippen molar-refractivity contribution in [1.29, 1.82) is 0 Å². The van der Waals surface area contributed by atoms with Gasteiger partial charge in [-0.25, -0.2) is 4.79 Å². The first-order chi connectivity index (χ1) is 11.4. The molecule has 0 unspecified atom stereocenters. The standard InChI is InChI=1S/C15H13ClN2O6/c1-9(13-3-2-6-23-13)17-14(19)8-24-15(20)11-7-10(18(21)22)4-5-12(11)16/h2-7,9H,8H2,1H3,(H,17,19)/t9-/m1/s1. The van der Waals surface area contributed by atoms with Gasteiger partial charge in [0.05, 0.1) is 27.8 Å². The molecule has 0 saturated heterocycles. The van der Waals surface area contributed by atoms with Crippen LogP contribution >= 0.6 is 11.6 Å². The van der Waals surface area contributed by atoms with E-state index in [2.05, 4.69) is 5.32 Å². The molecular formula is C15H13ClN2O6. The normalized spacial score (nSPS) is 11.6. The third-order valence-electron chi connectivity index (χ3n) is 3.06. The lowest BCUT2D eigenvalue weighted by Crippen LogP contribution is -2.31. The maximum atomic E-state index is 11.9. The SMILES string of the molecule is C[C@@H](NC(=O)COC(=O)c1cc([N+](=O)[O-])ccc1Cl)c1ccco1. The summed E-state index contributed by atoms with van der Waals surface area (Å²) in [5, 5.41) is 13.3. The van der Waals surface area contributed by atoms with Crippen LogP contribution < -0.4 is 5.32 Å². The van der Waals surface area contributed by atoms with Crippen LogP contribution in [0.5, 0.6) is 0 Å². The molecule has 0 aliphatic heterocycles. The van der Waals surface area contributed by atoms with E-state index in [0.717, 1.165) is 12.1 Å². The van der Waals surface area contributed by atoms with Crippen LogP contribution in [0, 0.1) is 10.1 Å². The zero-order chi connectivity index (χ0) is 17.7. The van der Waals surface area contributed by atoms with Gasteiger partial charge >= 0.3 is 5.97 Å². The molecule has 126 valence electrons. The minimum absolute atomic E-state index is 0.00467. The number of non-ortho nitro benzene ring substituents is 1. The first-order valence-electron chi connectivity index (χ1n) is 6.82. The number of rotatable bonds is 6. The van der Waals surface area contributed by atoms with Crippen molar-refractivity contribution in [2.75, 3.05) is 6.61 Å². The van der Waals surface area contributed by atoms with Gasteiger partial charge in [-0.05, 0) is 25.1 Å². The molecular weight excluding hydrogens is 340 g/mol. The quantitative estimate of drug-likeness (QED) is 0.486. The third kappa shape index (κ3) is 4.32. The number of benzene rings is 1. The van der Waals surface area contributed by atoms with Gasteiger partial charge in [0.1, 0.15) is 5.76 Å². The van der Waals surface area contributed by atoms with Crippen molar-refractivity contribution in [2.24, 2.45) is 0 Å². The van der Waals surface area contributed by atoms with Crippen LogP contribution in [0.4, 0.5) is 5.69 Å². The number of esters is 1. The fraction of sp³-hybridized carbons (Fsp3) is 0.200. The number of hydrogen-bond acceptors (Lipinski definition) is 6. The first kappa shape index (κ1) is 17.5. The predicted molar refractivity (Wildman–Crippen MR) is 83.7 cm³/mol. The van der Waals surface area contributed by atoms with Crippen LogP contribution in [-0.2, 0) is 9.53 Å². The second-order valence-electron chi connectivity index (χ2n) is 4.80. The molecule has 0 fully saturated rings. The molecule has 2 rings (SSSR count). The van der Waals surface area contributed by atoms with Crippen LogP contribution in [0.15, 0.2) is 41.0 Å². The van der Waals surface area contributed by atoms with Crippen LogP contribution in [0.25, 0.3) is 0 Å². The van der Waals surface area contributed by atoms with Gasteiger partial charge in [-0.3, -0.25) is 14.9 Å². The number of carbonyl (C=O) groups is 2. The van der Waals surface area contributed by atoms with E-state index in [4.69, 9.17) is 20.8 Å². The van der Waals surface area contributed by atoms with Crippen molar-refractivity contribution >= 4 is 29.2 Å². The predicted octanol–water partition coefficient (Wildman–Crippen LogP) is 2.88. The molecule has 0 bridgehead atoms. The van der Waals surface area contributed by atoms with Gasteiger partial charge in [0.2, 0.25) is 0 Å². The summed E-state index contributed by atoms with van der Waals surface area (Å²) in [6.07, 6.45) is 1.47. The Kier molecular flexibility index (Phi) is 5.54. The molecule has 1 aromatic heterocycles. The van der Waals surface area contributed by atoms with E-state index in [1.807, 2.05) is 0 Å². The Labute approximate surface area is 141 Å². The Hall–Kier alpha value is -2.87. The van der Waals surface area contributed by atoms with Crippen molar-refractivity contribution in [3.63, 3.8) is 0 Å². The summed E-state index contributed by atoms with van der Waals surface area (Å²) in [7, 11) is 0. The highest BCUT2D eigenvalue weighted by atomic mass is 35.5. The molecule has 9 heteroatoms. The van der Waals surface area contributed by atoms with Crippen molar-refractivity contribution in [2.45, 2.75) is 13.0 Å². The number of hydrogen-bond donors (Lipinski definition) is 1. The van der Waals surface area contributed by atoms with Gasteiger partial charge in [0.15, 0.2) is 6.61 Å². The zero-order valence-electron chi connectivity index (χ0n) is 12.5. The molecule has 1 N–H and O–H groups in total. The molecule has 0 aliphatic carbocycles. The Morgan fingerprint density at radius 1 is 1.42 bits per heavy atom. The maximum Gasteiger partial charge on any atom is 0.340 e. The highest BCUT2D eigenvalue weighted by Crippen LogP contribution is 2.22. The molecule has 24 heavy (non-hydrogen) atoms. The highest BCUT2D eigenvalue weighted by molar-refractivity contribution is 6.33. The number of halogens is 1. The molecule has 1 heterocycles. The number of carbonyl (C=O) groups excluding carboxylic acids is 2. The number of nitrogens with zero attached hydrogens (tertiary/aromatic N) is 1.